The summed E-state index contributed by atoms with van der Waals surface area (Å²) in [6.45, 7) is 5.64. The zero-order valence-corrected chi connectivity index (χ0v) is 18.3. The van der Waals surface area contributed by atoms with E-state index >= 15 is 0 Å². The van der Waals surface area contributed by atoms with Crippen LogP contribution in [0.3, 0.4) is 0 Å². The van der Waals surface area contributed by atoms with Crippen molar-refractivity contribution < 1.29 is 9.53 Å². The summed E-state index contributed by atoms with van der Waals surface area (Å²) in [6.07, 6.45) is 0. The smallest absolute Gasteiger partial charge is 0.353 e. The monoisotopic (exact) mass is 432 g/mol. The third-order valence-electron chi connectivity index (χ3n) is 5.11. The lowest BCUT2D eigenvalue weighted by Gasteiger charge is -2.09. The lowest BCUT2D eigenvalue weighted by atomic mass is 10.1. The van der Waals surface area contributed by atoms with Crippen molar-refractivity contribution in [3.8, 4) is 5.75 Å². The molecular formula is C23H24N6O3. The van der Waals surface area contributed by atoms with Gasteiger partial charge in [0.1, 0.15) is 12.3 Å². The molecule has 0 radical (unpaired) electrons. The molecular weight excluding hydrogens is 408 g/mol. The summed E-state index contributed by atoms with van der Waals surface area (Å²) in [6, 6.07) is 14.6. The van der Waals surface area contributed by atoms with Gasteiger partial charge in [-0.15, -0.1) is 5.10 Å². The molecule has 0 aliphatic carbocycles. The Morgan fingerprint density at radius 2 is 1.84 bits per heavy atom. The molecule has 4 aromatic rings. The Bertz CT molecular complexity index is 1370. The molecule has 4 rings (SSSR count). The van der Waals surface area contributed by atoms with Crippen LogP contribution in [-0.4, -0.2) is 32.2 Å². The third kappa shape index (κ3) is 4.31. The van der Waals surface area contributed by atoms with Crippen LogP contribution in [0.2, 0.25) is 0 Å². The van der Waals surface area contributed by atoms with Crippen LogP contribution in [-0.2, 0) is 11.3 Å². The number of benzene rings is 2. The molecule has 2 N–H and O–H groups in total. The minimum atomic E-state index is -0.459. The van der Waals surface area contributed by atoms with E-state index in [4.69, 9.17) is 4.74 Å². The van der Waals surface area contributed by atoms with Gasteiger partial charge in [-0.3, -0.25) is 4.79 Å². The lowest BCUT2D eigenvalue weighted by Crippen LogP contribution is -2.29. The van der Waals surface area contributed by atoms with E-state index in [-0.39, 0.29) is 12.5 Å². The van der Waals surface area contributed by atoms with Crippen LogP contribution in [0.1, 0.15) is 16.8 Å². The third-order valence-corrected chi connectivity index (χ3v) is 5.11. The SMILES string of the molecule is COc1cccc(NC(=O)Cn2nc3cc(C)nc(Nc4ccc(C)c(C)c4)n3c2=O)c1. The minimum Gasteiger partial charge on any atom is -0.497 e. The fraction of sp³-hybridized carbons (Fsp3) is 0.217. The number of anilines is 3. The Balaban J connectivity index is 1.63. The maximum absolute atomic E-state index is 13.0. The van der Waals surface area contributed by atoms with Gasteiger partial charge < -0.3 is 15.4 Å². The maximum atomic E-state index is 13.0. The molecule has 0 atom stereocenters. The lowest BCUT2D eigenvalue weighted by molar-refractivity contribution is -0.117. The number of methoxy groups -OCH3 is 1. The number of nitrogens with zero attached hydrogens (tertiary/aromatic N) is 4. The first-order valence-corrected chi connectivity index (χ1v) is 10.1. The van der Waals surface area contributed by atoms with Gasteiger partial charge in [0.15, 0.2) is 5.65 Å². The van der Waals surface area contributed by atoms with Gasteiger partial charge in [0, 0.05) is 29.2 Å². The predicted octanol–water partition coefficient (Wildman–Crippen LogP) is 3.21. The second kappa shape index (κ2) is 8.54. The molecule has 0 bridgehead atoms. The number of aryl methyl sites for hydroxylation is 3. The van der Waals surface area contributed by atoms with E-state index in [1.165, 1.54) is 9.96 Å². The molecule has 2 aromatic carbocycles. The molecule has 9 heteroatoms. The molecule has 2 aromatic heterocycles. The fourth-order valence-corrected chi connectivity index (χ4v) is 3.33. The molecule has 32 heavy (non-hydrogen) atoms. The number of hydrogen-bond donors (Lipinski definition) is 2. The minimum absolute atomic E-state index is 0.236. The summed E-state index contributed by atoms with van der Waals surface area (Å²) in [4.78, 5) is 30.0. The summed E-state index contributed by atoms with van der Waals surface area (Å²) in [7, 11) is 1.55. The first kappa shape index (κ1) is 21.1. The van der Waals surface area contributed by atoms with E-state index in [2.05, 4.69) is 20.7 Å². The van der Waals surface area contributed by atoms with Crippen LogP contribution >= 0.6 is 0 Å². The van der Waals surface area contributed by atoms with Gasteiger partial charge in [-0.2, -0.15) is 0 Å². The highest BCUT2D eigenvalue weighted by molar-refractivity contribution is 5.90. The molecule has 0 aliphatic heterocycles. The molecule has 0 unspecified atom stereocenters. The molecule has 0 aliphatic rings. The van der Waals surface area contributed by atoms with E-state index in [1.807, 2.05) is 39.0 Å². The maximum Gasteiger partial charge on any atom is 0.353 e. The predicted molar refractivity (Wildman–Crippen MR) is 123 cm³/mol. The van der Waals surface area contributed by atoms with E-state index in [1.54, 1.807) is 37.4 Å². The second-order valence-corrected chi connectivity index (χ2v) is 7.56. The fourth-order valence-electron chi connectivity index (χ4n) is 3.33. The number of fused-ring (bicyclic) bond motifs is 1. The highest BCUT2D eigenvalue weighted by atomic mass is 16.5. The standard InChI is InChI=1S/C23H24N6O3/c1-14-8-9-18(10-15(14)2)26-22-24-16(3)11-20-27-28(23(31)29(20)22)13-21(30)25-17-6-5-7-19(12-17)32-4/h5-12H,13H2,1-4H3,(H,24,26)(H,25,30). The van der Waals surface area contributed by atoms with E-state index in [9.17, 15) is 9.59 Å². The van der Waals surface area contributed by atoms with Crippen molar-refractivity contribution in [2.24, 2.45) is 0 Å². The Labute approximate surface area is 184 Å². The Hall–Kier alpha value is -4.14. The van der Waals surface area contributed by atoms with Gasteiger partial charge >= 0.3 is 5.69 Å². The summed E-state index contributed by atoms with van der Waals surface area (Å²) >= 11 is 0. The normalized spacial score (nSPS) is 10.9. The van der Waals surface area contributed by atoms with Gasteiger partial charge in [-0.05, 0) is 56.2 Å². The largest absolute Gasteiger partial charge is 0.497 e. The Morgan fingerprint density at radius 1 is 1.03 bits per heavy atom. The van der Waals surface area contributed by atoms with Gasteiger partial charge in [-0.1, -0.05) is 12.1 Å². The van der Waals surface area contributed by atoms with Crippen LogP contribution in [0, 0.1) is 20.8 Å². The summed E-state index contributed by atoms with van der Waals surface area (Å²) in [5.41, 5.74) is 4.31. The van der Waals surface area contributed by atoms with Crippen molar-refractivity contribution in [2.75, 3.05) is 17.7 Å². The van der Waals surface area contributed by atoms with Gasteiger partial charge in [0.2, 0.25) is 11.9 Å². The summed E-state index contributed by atoms with van der Waals surface area (Å²) in [5.74, 6) is 0.584. The molecule has 0 saturated heterocycles. The van der Waals surface area contributed by atoms with E-state index < -0.39 is 5.69 Å². The number of amides is 1. The first-order valence-electron chi connectivity index (χ1n) is 10.1. The quantitative estimate of drug-likeness (QED) is 0.485. The van der Waals surface area contributed by atoms with Crippen molar-refractivity contribution in [1.82, 2.24) is 19.2 Å². The number of hydrogen-bond acceptors (Lipinski definition) is 6. The average Bonchev–Trinajstić information content (AvgIpc) is 3.05. The van der Waals surface area contributed by atoms with Crippen LogP contribution < -0.4 is 21.1 Å². The molecule has 9 nitrogen and oxygen atoms in total. The number of carbonyl (C=O) groups excluding carboxylic acids is 1. The van der Waals surface area contributed by atoms with E-state index in [0.29, 0.717) is 28.7 Å². The first-order chi connectivity index (χ1) is 15.3. The van der Waals surface area contributed by atoms with Crippen molar-refractivity contribution in [3.63, 3.8) is 0 Å². The van der Waals surface area contributed by atoms with Crippen molar-refractivity contribution in [1.29, 1.82) is 0 Å². The van der Waals surface area contributed by atoms with Crippen LogP contribution in [0.25, 0.3) is 5.65 Å². The van der Waals surface area contributed by atoms with Crippen LogP contribution in [0.4, 0.5) is 17.3 Å². The number of nitrogens with one attached hydrogen (secondary N) is 2. The molecule has 2 heterocycles. The molecule has 1 amide bonds. The molecule has 0 spiro atoms. The molecule has 0 fully saturated rings. The molecule has 164 valence electrons. The Kier molecular flexibility index (Phi) is 5.63. The van der Waals surface area contributed by atoms with Crippen molar-refractivity contribution >= 4 is 28.9 Å². The zero-order valence-electron chi connectivity index (χ0n) is 18.3. The highest BCUT2D eigenvalue weighted by Gasteiger charge is 2.16. The zero-order chi connectivity index (χ0) is 22.8. The second-order valence-electron chi connectivity index (χ2n) is 7.56. The molecule has 0 saturated carbocycles. The van der Waals surface area contributed by atoms with Gasteiger partial charge in [-0.25, -0.2) is 18.9 Å². The average molecular weight is 432 g/mol. The van der Waals surface area contributed by atoms with Crippen molar-refractivity contribution in [3.05, 3.63) is 75.8 Å². The van der Waals surface area contributed by atoms with Gasteiger partial charge in [0.25, 0.3) is 0 Å². The van der Waals surface area contributed by atoms with Crippen LogP contribution in [0.5, 0.6) is 5.75 Å². The number of rotatable bonds is 6. The van der Waals surface area contributed by atoms with Crippen LogP contribution in [0.15, 0.2) is 53.3 Å². The number of ether oxygens (including phenoxy) is 1. The summed E-state index contributed by atoms with van der Waals surface area (Å²) < 4.78 is 7.65. The topological polar surface area (TPSA) is 103 Å². The van der Waals surface area contributed by atoms with Crippen molar-refractivity contribution in [2.45, 2.75) is 27.3 Å². The Morgan fingerprint density at radius 3 is 2.59 bits per heavy atom. The van der Waals surface area contributed by atoms with E-state index in [0.717, 1.165) is 15.9 Å². The number of aromatic nitrogens is 4. The number of carbonyl (C=O) groups is 1. The van der Waals surface area contributed by atoms with Gasteiger partial charge in [0.05, 0.1) is 7.11 Å². The summed E-state index contributed by atoms with van der Waals surface area (Å²) in [5, 5.41) is 10.3. The highest BCUT2D eigenvalue weighted by Crippen LogP contribution is 2.19.